The Hall–Kier alpha value is 0.412. The van der Waals surface area contributed by atoms with Crippen molar-refractivity contribution in [3.05, 3.63) is 0 Å². The van der Waals surface area contributed by atoms with Gasteiger partial charge in [-0.3, -0.25) is 0 Å². The Morgan fingerprint density at radius 2 is 0.632 bits per heavy atom. The van der Waals surface area contributed by atoms with Crippen molar-refractivity contribution in [2.75, 3.05) is 21.1 Å². The van der Waals surface area contributed by atoms with Crippen LogP contribution < -0.4 is 0 Å². The van der Waals surface area contributed by atoms with Crippen LogP contribution in [0.4, 0.5) is 0 Å². The molecule has 0 aliphatic rings. The van der Waals surface area contributed by atoms with E-state index < -0.39 is 14.8 Å². The topological polar surface area (TPSA) is 9.72 Å². The van der Waals surface area contributed by atoms with Crippen LogP contribution in [0.3, 0.4) is 0 Å². The lowest BCUT2D eigenvalue weighted by Crippen LogP contribution is -2.70. The van der Waals surface area contributed by atoms with Crippen LogP contribution >= 0.6 is 0 Å². The zero-order valence-corrected chi connectivity index (χ0v) is 16.6. The first kappa shape index (κ1) is 19.4. The second-order valence-electron chi connectivity index (χ2n) is 8.69. The van der Waals surface area contributed by atoms with E-state index in [0.29, 0.717) is 0 Å². The summed E-state index contributed by atoms with van der Waals surface area (Å²) in [6.07, 6.45) is 0. The van der Waals surface area contributed by atoms with Gasteiger partial charge in [-0.1, -0.05) is 0 Å². The third-order valence-electron chi connectivity index (χ3n) is 4.21. The molecular formula is C15H36AlN3. The van der Waals surface area contributed by atoms with Gasteiger partial charge in [0.15, 0.2) is 0 Å². The summed E-state index contributed by atoms with van der Waals surface area (Å²) < 4.78 is 7.76. The summed E-state index contributed by atoms with van der Waals surface area (Å²) in [6, 6.07) is 0. The molecule has 4 heteroatoms. The van der Waals surface area contributed by atoms with Crippen molar-refractivity contribution in [1.82, 2.24) is 11.7 Å². The van der Waals surface area contributed by atoms with Crippen molar-refractivity contribution >= 4 is 14.8 Å². The Bertz CT molecular complexity index is 236. The third kappa shape index (κ3) is 5.36. The molecule has 0 heterocycles. The van der Waals surface area contributed by atoms with Crippen molar-refractivity contribution in [2.24, 2.45) is 0 Å². The average molecular weight is 285 g/mol. The summed E-state index contributed by atoms with van der Waals surface area (Å²) in [7, 11) is 6.84. The molecule has 19 heavy (non-hydrogen) atoms. The Labute approximate surface area is 127 Å². The SMILES string of the molecule is C[N]([Al]([N](C)C(C)(C)C)[N](C)C(C)(C)C)C(C)(C)C. The van der Waals surface area contributed by atoms with Gasteiger partial charge >= 0.3 is 14.8 Å². The standard InChI is InChI=1S/3C5H12N.Al/c3*1-5(2,3)6-4;/h3*1-4H3;/q3*-1;+3. The maximum Gasteiger partial charge on any atom is 0.609 e. The molecule has 0 aliphatic carbocycles. The van der Waals surface area contributed by atoms with Crippen molar-refractivity contribution < 1.29 is 0 Å². The van der Waals surface area contributed by atoms with E-state index in [4.69, 9.17) is 0 Å². The second kappa shape index (κ2) is 6.04. The van der Waals surface area contributed by atoms with Gasteiger partial charge < -0.3 is 11.7 Å². The molecule has 0 rings (SSSR count). The first-order valence-corrected chi connectivity index (χ1v) is 8.84. The van der Waals surface area contributed by atoms with E-state index in [1.165, 1.54) is 0 Å². The normalized spacial score (nSPS) is 14.7. The molecule has 0 spiro atoms. The fourth-order valence-electron chi connectivity index (χ4n) is 1.82. The molecule has 0 radical (unpaired) electrons. The lowest BCUT2D eigenvalue weighted by atomic mass is 10.1. The molecule has 0 unspecified atom stereocenters. The zero-order valence-electron chi connectivity index (χ0n) is 15.4. The van der Waals surface area contributed by atoms with Crippen molar-refractivity contribution in [1.29, 1.82) is 0 Å². The summed E-state index contributed by atoms with van der Waals surface area (Å²) in [5.41, 5.74) is 0.571. The van der Waals surface area contributed by atoms with Gasteiger partial charge in [-0.05, 0) is 100 Å². The van der Waals surface area contributed by atoms with E-state index in [0.717, 1.165) is 0 Å². The molecule has 0 aromatic carbocycles. The molecule has 0 aromatic rings. The van der Waals surface area contributed by atoms with Crippen LogP contribution in [-0.4, -0.2) is 64.2 Å². The molecule has 0 N–H and O–H groups in total. The van der Waals surface area contributed by atoms with Gasteiger partial charge in [0.2, 0.25) is 0 Å². The fraction of sp³-hybridized carbons (Fsp3) is 1.00. The number of hydrogen-bond acceptors (Lipinski definition) is 3. The monoisotopic (exact) mass is 285 g/mol. The van der Waals surface area contributed by atoms with Crippen LogP contribution in [0.25, 0.3) is 0 Å². The molecule has 0 aromatic heterocycles. The highest BCUT2D eigenvalue weighted by atomic mass is 27.2. The van der Waals surface area contributed by atoms with Gasteiger partial charge in [0, 0.05) is 0 Å². The Balaban J connectivity index is 5.52. The zero-order chi connectivity index (χ0) is 15.8. The van der Waals surface area contributed by atoms with E-state index in [1.54, 1.807) is 0 Å². The molecule has 114 valence electrons. The molecule has 0 atom stereocenters. The molecule has 3 nitrogen and oxygen atoms in total. The molecule has 0 saturated carbocycles. The molecule has 0 saturated heterocycles. The fourth-order valence-corrected chi connectivity index (χ4v) is 5.46. The van der Waals surface area contributed by atoms with E-state index >= 15 is 0 Å². The van der Waals surface area contributed by atoms with Gasteiger partial charge in [0.1, 0.15) is 0 Å². The number of rotatable bonds is 3. The molecule has 0 aliphatic heterocycles. The average Bonchev–Trinajstić information content (AvgIpc) is 2.13. The summed E-state index contributed by atoms with van der Waals surface area (Å²) in [4.78, 5) is 0. The molecule has 0 bridgehead atoms. The van der Waals surface area contributed by atoms with Crippen molar-refractivity contribution in [3.63, 3.8) is 0 Å². The molecule has 0 fully saturated rings. The quantitative estimate of drug-likeness (QED) is 0.738. The van der Waals surface area contributed by atoms with Crippen LogP contribution in [-0.2, 0) is 0 Å². The van der Waals surface area contributed by atoms with Gasteiger partial charge in [-0.25, -0.2) is 0 Å². The predicted molar refractivity (Wildman–Crippen MR) is 88.3 cm³/mol. The van der Waals surface area contributed by atoms with Crippen molar-refractivity contribution in [3.8, 4) is 0 Å². The van der Waals surface area contributed by atoms with Gasteiger partial charge in [0.25, 0.3) is 0 Å². The third-order valence-corrected chi connectivity index (χ3v) is 8.62. The van der Waals surface area contributed by atoms with E-state index in [-0.39, 0.29) is 16.6 Å². The molecular weight excluding hydrogens is 249 g/mol. The molecule has 0 amide bonds. The maximum atomic E-state index is 2.59. The number of nitrogens with zero attached hydrogens (tertiary/aromatic N) is 3. The minimum Gasteiger partial charge on any atom is -0.355 e. The van der Waals surface area contributed by atoms with Gasteiger partial charge in [0.05, 0.1) is 0 Å². The number of hydrogen-bond donors (Lipinski definition) is 0. The largest absolute Gasteiger partial charge is 0.609 e. The van der Waals surface area contributed by atoms with E-state index in [1.807, 2.05) is 0 Å². The van der Waals surface area contributed by atoms with Gasteiger partial charge in [-0.2, -0.15) is 0 Å². The predicted octanol–water partition coefficient (Wildman–Crippen LogP) is 3.16. The highest BCUT2D eigenvalue weighted by Gasteiger charge is 2.47. The van der Waals surface area contributed by atoms with Crippen LogP contribution in [0.15, 0.2) is 0 Å². The Morgan fingerprint density at radius 3 is 0.737 bits per heavy atom. The van der Waals surface area contributed by atoms with Crippen LogP contribution in [0, 0.1) is 0 Å². The Morgan fingerprint density at radius 1 is 0.474 bits per heavy atom. The minimum absolute atomic E-state index is 0.190. The van der Waals surface area contributed by atoms with E-state index in [9.17, 15) is 0 Å². The minimum atomic E-state index is -1.39. The summed E-state index contributed by atoms with van der Waals surface area (Å²) in [6.45, 7) is 20.8. The van der Waals surface area contributed by atoms with Crippen LogP contribution in [0.2, 0.25) is 0 Å². The first-order chi connectivity index (χ1) is 8.10. The smallest absolute Gasteiger partial charge is 0.355 e. The highest BCUT2D eigenvalue weighted by molar-refractivity contribution is 6.50. The van der Waals surface area contributed by atoms with Crippen LogP contribution in [0.1, 0.15) is 62.3 Å². The second-order valence-corrected chi connectivity index (χ2v) is 11.7. The van der Waals surface area contributed by atoms with Crippen molar-refractivity contribution in [2.45, 2.75) is 78.9 Å². The maximum absolute atomic E-state index is 2.59. The summed E-state index contributed by atoms with van der Waals surface area (Å²) in [5.74, 6) is 0. The summed E-state index contributed by atoms with van der Waals surface area (Å²) in [5, 5.41) is 0. The lowest BCUT2D eigenvalue weighted by molar-refractivity contribution is 0.154. The first-order valence-electron chi connectivity index (χ1n) is 7.29. The highest BCUT2D eigenvalue weighted by Crippen LogP contribution is 2.25. The van der Waals surface area contributed by atoms with Crippen LogP contribution in [0.5, 0.6) is 0 Å². The Kier molecular flexibility index (Phi) is 6.17. The van der Waals surface area contributed by atoms with Gasteiger partial charge in [-0.15, -0.1) is 0 Å². The van der Waals surface area contributed by atoms with E-state index in [2.05, 4.69) is 95.1 Å². The summed E-state index contributed by atoms with van der Waals surface area (Å²) >= 11 is -1.39. The lowest BCUT2D eigenvalue weighted by Gasteiger charge is -2.50.